The van der Waals surface area contributed by atoms with Gasteiger partial charge in [0.2, 0.25) is 10.0 Å². The van der Waals surface area contributed by atoms with Crippen molar-refractivity contribution in [1.29, 1.82) is 0 Å². The van der Waals surface area contributed by atoms with Crippen LogP contribution in [0.3, 0.4) is 0 Å². The van der Waals surface area contributed by atoms with Crippen LogP contribution in [0.4, 0.5) is 5.69 Å². The second kappa shape index (κ2) is 7.14. The van der Waals surface area contributed by atoms with Gasteiger partial charge in [-0.25, -0.2) is 12.7 Å². The maximum atomic E-state index is 12.0. The first kappa shape index (κ1) is 17.1. The van der Waals surface area contributed by atoms with Crippen molar-refractivity contribution in [2.24, 2.45) is 0 Å². The predicted octanol–water partition coefficient (Wildman–Crippen LogP) is 1.22. The Balaban J connectivity index is 2.78. The van der Waals surface area contributed by atoms with Gasteiger partial charge in [0.15, 0.2) is 0 Å². The number of hydrogen-bond acceptors (Lipinski definition) is 5. The van der Waals surface area contributed by atoms with Crippen LogP contribution in [0.25, 0.3) is 0 Å². The van der Waals surface area contributed by atoms with Crippen LogP contribution in [0.1, 0.15) is 18.4 Å². The molecule has 0 aliphatic rings. The molecule has 0 heterocycles. The molecule has 116 valence electrons. The first-order chi connectivity index (χ1) is 9.74. The molecule has 1 N–H and O–H groups in total. The van der Waals surface area contributed by atoms with Gasteiger partial charge in [0.25, 0.3) is 5.69 Å². The largest absolute Gasteiger partial charge is 0.481 e. The number of benzene rings is 1. The summed E-state index contributed by atoms with van der Waals surface area (Å²) in [7, 11) is -2.34. The number of nitrogens with zero attached hydrogens (tertiary/aromatic N) is 2. The lowest BCUT2D eigenvalue weighted by Gasteiger charge is -2.16. The maximum Gasteiger partial charge on any atom is 0.303 e. The van der Waals surface area contributed by atoms with Crippen molar-refractivity contribution in [3.63, 3.8) is 0 Å². The minimum atomic E-state index is -3.65. The Kier molecular flexibility index (Phi) is 5.79. The fourth-order valence-electron chi connectivity index (χ4n) is 1.72. The molecule has 0 spiro atoms. The van der Waals surface area contributed by atoms with Crippen molar-refractivity contribution >= 4 is 21.7 Å². The van der Waals surface area contributed by atoms with E-state index in [-0.39, 0.29) is 36.4 Å². The van der Waals surface area contributed by atoms with Crippen LogP contribution in [0.2, 0.25) is 0 Å². The second-order valence-electron chi connectivity index (χ2n) is 4.46. The Morgan fingerprint density at radius 1 is 1.38 bits per heavy atom. The van der Waals surface area contributed by atoms with E-state index in [1.54, 1.807) is 6.07 Å². The zero-order valence-corrected chi connectivity index (χ0v) is 12.2. The third-order valence-electron chi connectivity index (χ3n) is 2.85. The molecule has 21 heavy (non-hydrogen) atoms. The van der Waals surface area contributed by atoms with E-state index in [0.717, 1.165) is 4.31 Å². The van der Waals surface area contributed by atoms with Gasteiger partial charge < -0.3 is 5.11 Å². The highest BCUT2D eigenvalue weighted by atomic mass is 32.2. The molecular weight excluding hydrogens is 300 g/mol. The summed E-state index contributed by atoms with van der Waals surface area (Å²) in [6.45, 7) is -0.132. The van der Waals surface area contributed by atoms with Gasteiger partial charge >= 0.3 is 5.97 Å². The van der Waals surface area contributed by atoms with Crippen molar-refractivity contribution in [1.82, 2.24) is 4.31 Å². The minimum Gasteiger partial charge on any atom is -0.481 e. The first-order valence-corrected chi connectivity index (χ1v) is 7.73. The van der Waals surface area contributed by atoms with Crippen LogP contribution < -0.4 is 0 Å². The van der Waals surface area contributed by atoms with Gasteiger partial charge in [-0.3, -0.25) is 14.9 Å². The molecule has 0 amide bonds. The molecular formula is C12H16N2O6S. The monoisotopic (exact) mass is 316 g/mol. The number of hydrogen-bond donors (Lipinski definition) is 1. The highest BCUT2D eigenvalue weighted by Gasteiger charge is 2.21. The van der Waals surface area contributed by atoms with Crippen molar-refractivity contribution in [3.8, 4) is 0 Å². The quantitative estimate of drug-likeness (QED) is 0.569. The van der Waals surface area contributed by atoms with Gasteiger partial charge in [-0.2, -0.15) is 0 Å². The van der Waals surface area contributed by atoms with Gasteiger partial charge in [0.1, 0.15) is 0 Å². The minimum absolute atomic E-state index is 0.00110. The standard InChI is InChI=1S/C12H16N2O6S/c1-13(21(19,20)8-4-7-12(15)16)9-10-5-2-3-6-11(10)14(17)18/h2-3,5-6H,4,7-9H2,1H3,(H,15,16). The molecule has 0 atom stereocenters. The Hall–Kier alpha value is -2.00. The molecule has 9 heteroatoms. The summed E-state index contributed by atoms with van der Waals surface area (Å²) in [5.74, 6) is -1.37. The maximum absolute atomic E-state index is 12.0. The molecule has 8 nitrogen and oxygen atoms in total. The molecule has 0 unspecified atom stereocenters. The Labute approximate surface area is 122 Å². The number of carbonyl (C=O) groups is 1. The average Bonchev–Trinajstić information content (AvgIpc) is 2.38. The molecule has 1 rings (SSSR count). The number of sulfonamides is 1. The van der Waals surface area contributed by atoms with E-state index in [1.807, 2.05) is 0 Å². The van der Waals surface area contributed by atoms with E-state index in [2.05, 4.69) is 0 Å². The summed E-state index contributed by atoms with van der Waals surface area (Å²) < 4.78 is 24.9. The number of carboxylic acids is 1. The lowest BCUT2D eigenvalue weighted by molar-refractivity contribution is -0.385. The van der Waals surface area contributed by atoms with E-state index >= 15 is 0 Å². The molecule has 0 saturated heterocycles. The number of nitro groups is 1. The Bertz CT molecular complexity index is 628. The van der Waals surface area contributed by atoms with Gasteiger partial charge in [-0.05, 0) is 6.42 Å². The fraction of sp³-hybridized carbons (Fsp3) is 0.417. The van der Waals surface area contributed by atoms with Gasteiger partial charge in [0.05, 0.1) is 10.7 Å². The fourth-order valence-corrected chi connectivity index (χ4v) is 2.88. The number of rotatable bonds is 8. The number of aliphatic carboxylic acids is 1. The van der Waals surface area contributed by atoms with E-state index in [9.17, 15) is 23.3 Å². The lowest BCUT2D eigenvalue weighted by atomic mass is 10.2. The molecule has 0 radical (unpaired) electrons. The Morgan fingerprint density at radius 3 is 2.57 bits per heavy atom. The third-order valence-corrected chi connectivity index (χ3v) is 4.73. The van der Waals surface area contributed by atoms with Gasteiger partial charge in [0, 0.05) is 31.6 Å². The van der Waals surface area contributed by atoms with Crippen LogP contribution >= 0.6 is 0 Å². The number of para-hydroxylation sites is 1. The molecule has 0 bridgehead atoms. The van der Waals surface area contributed by atoms with Crippen molar-refractivity contribution in [3.05, 3.63) is 39.9 Å². The lowest BCUT2D eigenvalue weighted by Crippen LogP contribution is -2.29. The van der Waals surface area contributed by atoms with Crippen LogP contribution in [0.15, 0.2) is 24.3 Å². The molecule has 0 aliphatic heterocycles. The third kappa shape index (κ3) is 5.12. The van der Waals surface area contributed by atoms with Crippen LogP contribution in [0.5, 0.6) is 0 Å². The molecule has 0 saturated carbocycles. The van der Waals surface area contributed by atoms with Crippen molar-refractivity contribution in [2.45, 2.75) is 19.4 Å². The summed E-state index contributed by atoms with van der Waals surface area (Å²) in [4.78, 5) is 20.7. The summed E-state index contributed by atoms with van der Waals surface area (Å²) in [6.07, 6.45) is -0.239. The molecule has 0 fully saturated rings. The second-order valence-corrected chi connectivity index (χ2v) is 6.65. The van der Waals surface area contributed by atoms with Gasteiger partial charge in [-0.15, -0.1) is 0 Å². The predicted molar refractivity (Wildman–Crippen MR) is 75.2 cm³/mol. The molecule has 0 aliphatic carbocycles. The summed E-state index contributed by atoms with van der Waals surface area (Å²) in [6, 6.07) is 5.89. The smallest absolute Gasteiger partial charge is 0.303 e. The van der Waals surface area contributed by atoms with E-state index in [4.69, 9.17) is 5.11 Å². The molecule has 1 aromatic carbocycles. The van der Waals surface area contributed by atoms with E-state index in [1.165, 1.54) is 25.2 Å². The topological polar surface area (TPSA) is 118 Å². The summed E-state index contributed by atoms with van der Waals surface area (Å²) in [5, 5.41) is 19.4. The SMILES string of the molecule is CN(Cc1ccccc1[N+](=O)[O-])S(=O)(=O)CCCC(=O)O. The normalized spacial score (nSPS) is 11.5. The molecule has 0 aromatic heterocycles. The average molecular weight is 316 g/mol. The van der Waals surface area contributed by atoms with Crippen LogP contribution in [-0.4, -0.2) is 41.5 Å². The number of carboxylic acid groups (broad SMARTS) is 1. The Morgan fingerprint density at radius 2 is 2.00 bits per heavy atom. The highest BCUT2D eigenvalue weighted by molar-refractivity contribution is 7.89. The van der Waals surface area contributed by atoms with Crippen molar-refractivity contribution < 1.29 is 23.2 Å². The van der Waals surface area contributed by atoms with Crippen LogP contribution in [0, 0.1) is 10.1 Å². The number of nitro benzene ring substituents is 1. The zero-order chi connectivity index (χ0) is 16.0. The molecule has 1 aromatic rings. The van der Waals surface area contributed by atoms with E-state index < -0.39 is 20.9 Å². The van der Waals surface area contributed by atoms with Gasteiger partial charge in [-0.1, -0.05) is 18.2 Å². The van der Waals surface area contributed by atoms with Crippen LogP contribution in [-0.2, 0) is 21.4 Å². The van der Waals surface area contributed by atoms with Crippen molar-refractivity contribution in [2.75, 3.05) is 12.8 Å². The van der Waals surface area contributed by atoms with E-state index in [0.29, 0.717) is 0 Å². The summed E-state index contributed by atoms with van der Waals surface area (Å²) >= 11 is 0. The summed E-state index contributed by atoms with van der Waals surface area (Å²) in [5.41, 5.74) is 0.136. The zero-order valence-electron chi connectivity index (χ0n) is 11.4. The first-order valence-electron chi connectivity index (χ1n) is 6.12. The highest BCUT2D eigenvalue weighted by Crippen LogP contribution is 2.20.